The van der Waals surface area contributed by atoms with Gasteiger partial charge in [-0.05, 0) is 25.0 Å². The van der Waals surface area contributed by atoms with E-state index in [0.717, 1.165) is 25.7 Å². The zero-order valence-corrected chi connectivity index (χ0v) is 10.5. The summed E-state index contributed by atoms with van der Waals surface area (Å²) < 4.78 is 0. The molecular weight excluding hydrogens is 238 g/mol. The number of aliphatic hydroxyl groups excluding tert-OH is 1. The summed E-state index contributed by atoms with van der Waals surface area (Å²) in [7, 11) is 0. The van der Waals surface area contributed by atoms with Crippen LogP contribution in [0.2, 0.25) is 5.15 Å². The van der Waals surface area contributed by atoms with Gasteiger partial charge in [0, 0.05) is 0 Å². The van der Waals surface area contributed by atoms with Gasteiger partial charge in [0.15, 0.2) is 5.82 Å². The van der Waals surface area contributed by atoms with Crippen molar-refractivity contribution in [1.82, 2.24) is 4.98 Å². The minimum absolute atomic E-state index is 0.0979. The first-order valence-electron chi connectivity index (χ1n) is 5.96. The molecule has 1 fully saturated rings. The first-order valence-corrected chi connectivity index (χ1v) is 6.34. The highest BCUT2D eigenvalue weighted by molar-refractivity contribution is 6.29. The standard InChI is InChI=1S/C12H18ClN3O/c13-10-5-4-9(14)11(15-10)16-12(8-17)6-2-1-3-7-12/h4-5,17H,1-3,6-8,14H2,(H,15,16). The van der Waals surface area contributed by atoms with Crippen molar-refractivity contribution in [2.75, 3.05) is 17.7 Å². The smallest absolute Gasteiger partial charge is 0.151 e. The second-order valence-corrected chi connectivity index (χ2v) is 5.08. The molecule has 17 heavy (non-hydrogen) atoms. The first kappa shape index (κ1) is 12.5. The molecule has 5 heteroatoms. The predicted molar refractivity (Wildman–Crippen MR) is 70.2 cm³/mol. The third kappa shape index (κ3) is 2.82. The Balaban J connectivity index is 2.20. The van der Waals surface area contributed by atoms with Gasteiger partial charge in [0.05, 0.1) is 17.8 Å². The molecule has 4 N–H and O–H groups in total. The minimum atomic E-state index is -0.288. The van der Waals surface area contributed by atoms with Crippen LogP contribution in [-0.4, -0.2) is 22.2 Å². The van der Waals surface area contributed by atoms with Crippen molar-refractivity contribution in [2.24, 2.45) is 0 Å². The second kappa shape index (κ2) is 5.10. The van der Waals surface area contributed by atoms with Crippen LogP contribution in [0.25, 0.3) is 0 Å². The summed E-state index contributed by atoms with van der Waals surface area (Å²) in [5.41, 5.74) is 6.13. The van der Waals surface area contributed by atoms with Crippen molar-refractivity contribution in [2.45, 2.75) is 37.6 Å². The fourth-order valence-corrected chi connectivity index (χ4v) is 2.50. The van der Waals surface area contributed by atoms with E-state index in [2.05, 4.69) is 10.3 Å². The predicted octanol–water partition coefficient (Wildman–Crippen LogP) is 2.42. The van der Waals surface area contributed by atoms with Crippen molar-refractivity contribution in [3.8, 4) is 0 Å². The van der Waals surface area contributed by atoms with Crippen LogP contribution in [0.15, 0.2) is 12.1 Å². The molecule has 94 valence electrons. The molecule has 0 aromatic carbocycles. The Morgan fingerprint density at radius 3 is 2.71 bits per heavy atom. The van der Waals surface area contributed by atoms with Crippen LogP contribution in [0.5, 0.6) is 0 Å². The summed E-state index contributed by atoms with van der Waals surface area (Å²) in [5, 5.41) is 13.3. The van der Waals surface area contributed by atoms with E-state index < -0.39 is 0 Å². The lowest BCUT2D eigenvalue weighted by atomic mass is 9.82. The number of hydrogen-bond acceptors (Lipinski definition) is 4. The molecule has 1 aliphatic carbocycles. The Hall–Kier alpha value is -1.00. The summed E-state index contributed by atoms with van der Waals surface area (Å²) in [6, 6.07) is 3.39. The summed E-state index contributed by atoms with van der Waals surface area (Å²) in [5.74, 6) is 0.577. The van der Waals surface area contributed by atoms with Crippen LogP contribution in [0.1, 0.15) is 32.1 Å². The molecule has 0 amide bonds. The summed E-state index contributed by atoms with van der Waals surface area (Å²) in [4.78, 5) is 4.18. The van der Waals surface area contributed by atoms with Crippen LogP contribution in [0.4, 0.5) is 11.5 Å². The van der Waals surface area contributed by atoms with Crippen molar-refractivity contribution < 1.29 is 5.11 Å². The quantitative estimate of drug-likeness (QED) is 0.726. The number of halogens is 1. The number of nitrogens with one attached hydrogen (secondary N) is 1. The number of hydrogen-bond donors (Lipinski definition) is 3. The van der Waals surface area contributed by atoms with Crippen molar-refractivity contribution in [3.05, 3.63) is 17.3 Å². The molecule has 1 aromatic heterocycles. The summed E-state index contributed by atoms with van der Waals surface area (Å²) in [6.07, 6.45) is 5.35. The number of aliphatic hydroxyl groups is 1. The number of aromatic nitrogens is 1. The molecule has 0 aliphatic heterocycles. The third-order valence-electron chi connectivity index (χ3n) is 3.39. The minimum Gasteiger partial charge on any atom is -0.396 e. The fourth-order valence-electron chi connectivity index (χ4n) is 2.35. The lowest BCUT2D eigenvalue weighted by Crippen LogP contribution is -2.44. The maximum Gasteiger partial charge on any atom is 0.151 e. The topological polar surface area (TPSA) is 71.2 Å². The molecule has 2 rings (SSSR count). The zero-order valence-electron chi connectivity index (χ0n) is 9.75. The molecule has 0 spiro atoms. The molecule has 0 saturated heterocycles. The fraction of sp³-hybridized carbons (Fsp3) is 0.583. The molecule has 0 atom stereocenters. The maximum absolute atomic E-state index is 9.60. The number of rotatable bonds is 3. The number of nitrogens with zero attached hydrogens (tertiary/aromatic N) is 1. The molecule has 1 saturated carbocycles. The van der Waals surface area contributed by atoms with Crippen molar-refractivity contribution >= 4 is 23.1 Å². The van der Waals surface area contributed by atoms with Gasteiger partial charge >= 0.3 is 0 Å². The van der Waals surface area contributed by atoms with Crippen LogP contribution in [0, 0.1) is 0 Å². The van der Waals surface area contributed by atoms with Gasteiger partial charge in [-0.15, -0.1) is 0 Å². The molecular formula is C12H18ClN3O. The van der Waals surface area contributed by atoms with Crippen LogP contribution < -0.4 is 11.1 Å². The highest BCUT2D eigenvalue weighted by Crippen LogP contribution is 2.32. The Kier molecular flexibility index (Phi) is 3.74. The lowest BCUT2D eigenvalue weighted by molar-refractivity contribution is 0.172. The van der Waals surface area contributed by atoms with Gasteiger partial charge in [0.25, 0.3) is 0 Å². The van der Waals surface area contributed by atoms with Crippen molar-refractivity contribution in [3.63, 3.8) is 0 Å². The Labute approximate surface area is 106 Å². The number of nitrogens with two attached hydrogens (primary N) is 1. The highest BCUT2D eigenvalue weighted by atomic mass is 35.5. The van der Waals surface area contributed by atoms with Gasteiger partial charge in [-0.1, -0.05) is 30.9 Å². The van der Waals surface area contributed by atoms with Gasteiger partial charge in [-0.25, -0.2) is 4.98 Å². The Morgan fingerprint density at radius 2 is 2.06 bits per heavy atom. The average Bonchev–Trinajstić information content (AvgIpc) is 2.35. The zero-order chi connectivity index (χ0) is 12.3. The van der Waals surface area contributed by atoms with Gasteiger partial charge in [-0.3, -0.25) is 0 Å². The molecule has 1 aliphatic rings. The van der Waals surface area contributed by atoms with Gasteiger partial charge < -0.3 is 16.2 Å². The molecule has 4 nitrogen and oxygen atoms in total. The Bertz CT molecular complexity index is 391. The number of pyridine rings is 1. The second-order valence-electron chi connectivity index (χ2n) is 4.70. The van der Waals surface area contributed by atoms with E-state index in [1.807, 2.05) is 0 Å². The average molecular weight is 256 g/mol. The van der Waals surface area contributed by atoms with Gasteiger partial charge in [-0.2, -0.15) is 0 Å². The van der Waals surface area contributed by atoms with E-state index in [0.29, 0.717) is 16.7 Å². The van der Waals surface area contributed by atoms with Crippen molar-refractivity contribution in [1.29, 1.82) is 0 Å². The normalized spacial score (nSPS) is 18.9. The van der Waals surface area contributed by atoms with Gasteiger partial charge in [0.1, 0.15) is 5.15 Å². The van der Waals surface area contributed by atoms with Crippen LogP contribution >= 0.6 is 11.6 Å². The third-order valence-corrected chi connectivity index (χ3v) is 3.60. The van der Waals surface area contributed by atoms with E-state index in [4.69, 9.17) is 17.3 Å². The monoisotopic (exact) mass is 255 g/mol. The molecule has 0 bridgehead atoms. The van der Waals surface area contributed by atoms with E-state index in [9.17, 15) is 5.11 Å². The van der Waals surface area contributed by atoms with E-state index in [1.165, 1.54) is 6.42 Å². The molecule has 1 aromatic rings. The summed E-state index contributed by atoms with van der Waals surface area (Å²) >= 11 is 5.85. The lowest BCUT2D eigenvalue weighted by Gasteiger charge is -2.37. The molecule has 0 radical (unpaired) electrons. The molecule has 0 unspecified atom stereocenters. The largest absolute Gasteiger partial charge is 0.396 e. The van der Waals surface area contributed by atoms with E-state index in [1.54, 1.807) is 12.1 Å². The highest BCUT2D eigenvalue weighted by Gasteiger charge is 2.32. The number of nitrogen functional groups attached to an aromatic ring is 1. The van der Waals surface area contributed by atoms with E-state index in [-0.39, 0.29) is 12.1 Å². The first-order chi connectivity index (χ1) is 8.15. The van der Waals surface area contributed by atoms with E-state index >= 15 is 0 Å². The SMILES string of the molecule is Nc1ccc(Cl)nc1NC1(CO)CCCCC1. The Morgan fingerprint density at radius 1 is 1.35 bits per heavy atom. The van der Waals surface area contributed by atoms with Crippen LogP contribution in [-0.2, 0) is 0 Å². The van der Waals surface area contributed by atoms with Crippen LogP contribution in [0.3, 0.4) is 0 Å². The number of anilines is 2. The maximum atomic E-state index is 9.60. The van der Waals surface area contributed by atoms with Gasteiger partial charge in [0.2, 0.25) is 0 Å². The summed E-state index contributed by atoms with van der Waals surface area (Å²) in [6.45, 7) is 0.0979. The molecule has 1 heterocycles.